The Bertz CT molecular complexity index is 665. The first-order valence-corrected chi connectivity index (χ1v) is 8.73. The van der Waals surface area contributed by atoms with Crippen LogP contribution in [0.4, 0.5) is 0 Å². The molecule has 0 aromatic carbocycles. The Hall–Kier alpha value is -1.79. The summed E-state index contributed by atoms with van der Waals surface area (Å²) in [5, 5.41) is 10.7. The number of hydrogen-bond donors (Lipinski definition) is 1. The summed E-state index contributed by atoms with van der Waals surface area (Å²) in [4.78, 5) is 41.1. The van der Waals surface area contributed by atoms with E-state index in [-0.39, 0.29) is 30.3 Å². The van der Waals surface area contributed by atoms with Gasteiger partial charge in [0.1, 0.15) is 5.60 Å². The van der Waals surface area contributed by atoms with Gasteiger partial charge >= 0.3 is 0 Å². The average Bonchev–Trinajstić information content (AvgIpc) is 2.58. The van der Waals surface area contributed by atoms with Crippen molar-refractivity contribution in [3.8, 4) is 0 Å². The van der Waals surface area contributed by atoms with Gasteiger partial charge in [-0.25, -0.2) is 0 Å². The zero-order chi connectivity index (χ0) is 18.9. The molecule has 2 rings (SSSR count). The zero-order valence-corrected chi connectivity index (χ0v) is 15.8. The van der Waals surface area contributed by atoms with Gasteiger partial charge in [-0.3, -0.25) is 14.4 Å². The van der Waals surface area contributed by atoms with Gasteiger partial charge in [0.05, 0.1) is 0 Å². The van der Waals surface area contributed by atoms with E-state index >= 15 is 0 Å². The third-order valence-corrected chi connectivity index (χ3v) is 5.42. The number of piperazine rings is 1. The van der Waals surface area contributed by atoms with Gasteiger partial charge in [0, 0.05) is 48.5 Å². The van der Waals surface area contributed by atoms with Crippen LogP contribution in [0.3, 0.4) is 0 Å². The molecule has 0 aromatic rings. The fraction of sp³-hybridized carbons (Fsp3) is 0.632. The molecule has 6 heteroatoms. The summed E-state index contributed by atoms with van der Waals surface area (Å²) in [7, 11) is 2.00. The highest BCUT2D eigenvalue weighted by atomic mass is 16.3. The van der Waals surface area contributed by atoms with E-state index < -0.39 is 5.60 Å². The molecule has 0 spiro atoms. The summed E-state index contributed by atoms with van der Waals surface area (Å²) < 4.78 is 0. The van der Waals surface area contributed by atoms with Crippen molar-refractivity contribution >= 4 is 17.5 Å². The first-order valence-electron chi connectivity index (χ1n) is 8.73. The third-order valence-electron chi connectivity index (χ3n) is 5.42. The summed E-state index contributed by atoms with van der Waals surface area (Å²) in [6.45, 7) is 9.18. The second-order valence-electron chi connectivity index (χ2n) is 7.38. The highest BCUT2D eigenvalue weighted by Crippen LogP contribution is 2.29. The molecule has 1 amide bonds. The van der Waals surface area contributed by atoms with Crippen molar-refractivity contribution in [1.29, 1.82) is 0 Å². The molecule has 1 atom stereocenters. The lowest BCUT2D eigenvalue weighted by Crippen LogP contribution is -2.54. The van der Waals surface area contributed by atoms with Crippen molar-refractivity contribution in [3.63, 3.8) is 0 Å². The Morgan fingerprint density at radius 3 is 2.08 bits per heavy atom. The predicted octanol–water partition coefficient (Wildman–Crippen LogP) is 1.10. The van der Waals surface area contributed by atoms with Crippen LogP contribution < -0.4 is 0 Å². The SMILES string of the molecule is CC1=C(C)C(=O)C(CCC(C)(O)C(=O)N2CCN(C)CC2)=C(C)C1=O. The molecule has 1 heterocycles. The Morgan fingerprint density at radius 2 is 1.52 bits per heavy atom. The zero-order valence-electron chi connectivity index (χ0n) is 15.8. The monoisotopic (exact) mass is 348 g/mol. The fourth-order valence-corrected chi connectivity index (χ4v) is 3.28. The molecule has 0 bridgehead atoms. The summed E-state index contributed by atoms with van der Waals surface area (Å²) in [6.07, 6.45) is 0.337. The Morgan fingerprint density at radius 1 is 1.00 bits per heavy atom. The van der Waals surface area contributed by atoms with Crippen molar-refractivity contribution in [3.05, 3.63) is 22.3 Å². The van der Waals surface area contributed by atoms with Crippen LogP contribution in [0.5, 0.6) is 0 Å². The topological polar surface area (TPSA) is 77.9 Å². The third kappa shape index (κ3) is 3.90. The summed E-state index contributed by atoms with van der Waals surface area (Å²) >= 11 is 0. The van der Waals surface area contributed by atoms with Crippen molar-refractivity contribution in [2.45, 2.75) is 46.1 Å². The van der Waals surface area contributed by atoms with E-state index in [1.54, 1.807) is 25.7 Å². The molecule has 25 heavy (non-hydrogen) atoms. The molecule has 138 valence electrons. The van der Waals surface area contributed by atoms with Crippen molar-refractivity contribution in [2.24, 2.45) is 0 Å². The second kappa shape index (κ2) is 7.22. The van der Waals surface area contributed by atoms with E-state index in [0.29, 0.717) is 35.4 Å². The summed E-state index contributed by atoms with van der Waals surface area (Å²) in [5.74, 6) is -0.591. The van der Waals surface area contributed by atoms with Gasteiger partial charge in [0.2, 0.25) is 0 Å². The van der Waals surface area contributed by atoms with E-state index in [4.69, 9.17) is 0 Å². The van der Waals surface area contributed by atoms with E-state index in [2.05, 4.69) is 4.90 Å². The number of allylic oxidation sites excluding steroid dienone is 4. The normalized spacial score (nSPS) is 22.6. The number of aliphatic hydroxyl groups is 1. The molecular weight excluding hydrogens is 320 g/mol. The smallest absolute Gasteiger partial charge is 0.254 e. The maximum atomic E-state index is 12.6. The van der Waals surface area contributed by atoms with Gasteiger partial charge in [-0.05, 0) is 47.6 Å². The minimum absolute atomic E-state index is 0.121. The van der Waals surface area contributed by atoms with E-state index in [1.807, 2.05) is 7.05 Å². The first kappa shape index (κ1) is 19.5. The molecule has 2 aliphatic rings. The fourth-order valence-electron chi connectivity index (χ4n) is 3.28. The van der Waals surface area contributed by atoms with Gasteiger partial charge in [-0.2, -0.15) is 0 Å². The van der Waals surface area contributed by atoms with Gasteiger partial charge in [-0.1, -0.05) is 0 Å². The molecule has 1 aliphatic carbocycles. The number of carbonyl (C=O) groups excluding carboxylic acids is 3. The quantitative estimate of drug-likeness (QED) is 0.770. The minimum atomic E-state index is -1.55. The van der Waals surface area contributed by atoms with Gasteiger partial charge in [0.15, 0.2) is 11.6 Å². The number of ketones is 2. The molecule has 1 aliphatic heterocycles. The van der Waals surface area contributed by atoms with E-state index in [1.165, 1.54) is 6.92 Å². The van der Waals surface area contributed by atoms with Crippen LogP contribution in [-0.4, -0.2) is 71.2 Å². The van der Waals surface area contributed by atoms with Crippen LogP contribution in [0.1, 0.15) is 40.5 Å². The molecule has 0 saturated carbocycles. The standard InChI is InChI=1S/C19H28N2O4/c1-12-13(2)17(23)15(14(3)16(12)22)6-7-19(4,25)18(24)21-10-8-20(5)9-11-21/h25H,6-11H2,1-5H3. The van der Waals surface area contributed by atoms with Crippen LogP contribution in [0.2, 0.25) is 0 Å². The largest absolute Gasteiger partial charge is 0.380 e. The Kier molecular flexibility index (Phi) is 5.64. The molecular formula is C19H28N2O4. The number of Topliss-reactive ketones (excluding diaryl/α,β-unsaturated/α-hetero) is 2. The lowest BCUT2D eigenvalue weighted by atomic mass is 9.82. The van der Waals surface area contributed by atoms with E-state index in [9.17, 15) is 19.5 Å². The predicted molar refractivity (Wildman–Crippen MR) is 95.0 cm³/mol. The maximum absolute atomic E-state index is 12.6. The van der Waals surface area contributed by atoms with Crippen LogP contribution >= 0.6 is 0 Å². The van der Waals surface area contributed by atoms with Crippen LogP contribution in [0, 0.1) is 0 Å². The lowest BCUT2D eigenvalue weighted by molar-refractivity contribution is -0.151. The van der Waals surface area contributed by atoms with E-state index in [0.717, 1.165) is 13.1 Å². The molecule has 0 radical (unpaired) electrons. The van der Waals surface area contributed by atoms with Crippen molar-refractivity contribution < 1.29 is 19.5 Å². The summed E-state index contributed by atoms with van der Waals surface area (Å²) in [6, 6.07) is 0. The lowest BCUT2D eigenvalue weighted by Gasteiger charge is -2.36. The van der Waals surface area contributed by atoms with Crippen molar-refractivity contribution in [1.82, 2.24) is 9.80 Å². The van der Waals surface area contributed by atoms with Crippen molar-refractivity contribution in [2.75, 3.05) is 33.2 Å². The number of rotatable bonds is 4. The highest BCUT2D eigenvalue weighted by molar-refractivity contribution is 6.24. The summed E-state index contributed by atoms with van der Waals surface area (Å²) in [5.41, 5.74) is 0.231. The number of likely N-dealkylation sites (N-methyl/N-ethyl adjacent to an activating group) is 1. The van der Waals surface area contributed by atoms with Gasteiger partial charge in [-0.15, -0.1) is 0 Å². The molecule has 1 fully saturated rings. The molecule has 1 N–H and O–H groups in total. The second-order valence-corrected chi connectivity index (χ2v) is 7.38. The Labute approximate surface area is 149 Å². The molecule has 1 saturated heterocycles. The molecule has 6 nitrogen and oxygen atoms in total. The number of nitrogens with zero attached hydrogens (tertiary/aromatic N) is 2. The number of carbonyl (C=O) groups is 3. The Balaban J connectivity index is 2.07. The molecule has 0 aromatic heterocycles. The average molecular weight is 348 g/mol. The minimum Gasteiger partial charge on any atom is -0.380 e. The number of amides is 1. The highest BCUT2D eigenvalue weighted by Gasteiger charge is 2.37. The van der Waals surface area contributed by atoms with Crippen LogP contribution in [0.15, 0.2) is 22.3 Å². The van der Waals surface area contributed by atoms with Crippen LogP contribution in [0.25, 0.3) is 0 Å². The first-order chi connectivity index (χ1) is 11.6. The molecule has 1 unspecified atom stereocenters. The van der Waals surface area contributed by atoms with Crippen LogP contribution in [-0.2, 0) is 14.4 Å². The van der Waals surface area contributed by atoms with Gasteiger partial charge < -0.3 is 14.9 Å². The number of hydrogen-bond acceptors (Lipinski definition) is 5. The maximum Gasteiger partial charge on any atom is 0.254 e. The van der Waals surface area contributed by atoms with Gasteiger partial charge in [0.25, 0.3) is 5.91 Å².